The fourth-order valence-corrected chi connectivity index (χ4v) is 4.54. The minimum absolute atomic E-state index is 0.0886. The topological polar surface area (TPSA) is 65.1 Å². The van der Waals surface area contributed by atoms with Gasteiger partial charge in [0.1, 0.15) is 11.4 Å². The Hall–Kier alpha value is -2.08. The van der Waals surface area contributed by atoms with Gasteiger partial charge in [0.25, 0.3) is 5.91 Å². The van der Waals surface area contributed by atoms with Crippen LogP contribution >= 0.6 is 0 Å². The molecule has 140 valence electrons. The minimum Gasteiger partial charge on any atom is -0.496 e. The second kappa shape index (κ2) is 6.27. The van der Waals surface area contributed by atoms with Gasteiger partial charge in [0.15, 0.2) is 5.60 Å². The quantitative estimate of drug-likeness (QED) is 0.758. The first-order chi connectivity index (χ1) is 12.5. The fraction of sp³-hybridized carbons (Fsp3) is 0.600. The van der Waals surface area contributed by atoms with Crippen molar-refractivity contribution in [2.75, 3.05) is 26.8 Å². The van der Waals surface area contributed by atoms with Crippen molar-refractivity contribution in [2.24, 2.45) is 0 Å². The average molecular weight is 359 g/mol. The molecule has 3 aliphatic rings. The lowest BCUT2D eigenvalue weighted by Gasteiger charge is -2.46. The van der Waals surface area contributed by atoms with Gasteiger partial charge in [0.05, 0.1) is 13.7 Å². The number of esters is 1. The number of hydrogen-bond donors (Lipinski definition) is 0. The summed E-state index contributed by atoms with van der Waals surface area (Å²) in [6.45, 7) is 3.58. The second-order valence-corrected chi connectivity index (χ2v) is 7.58. The van der Waals surface area contributed by atoms with Crippen molar-refractivity contribution in [1.82, 2.24) is 4.90 Å². The van der Waals surface area contributed by atoms with E-state index in [4.69, 9.17) is 14.2 Å². The largest absolute Gasteiger partial charge is 0.496 e. The number of carbonyl (C=O) groups is 2. The van der Waals surface area contributed by atoms with Gasteiger partial charge in [-0.05, 0) is 37.8 Å². The first kappa shape index (κ1) is 17.3. The maximum atomic E-state index is 12.9. The Morgan fingerprint density at radius 3 is 2.62 bits per heavy atom. The van der Waals surface area contributed by atoms with E-state index in [0.29, 0.717) is 32.5 Å². The van der Waals surface area contributed by atoms with E-state index in [1.807, 2.05) is 17.0 Å². The van der Waals surface area contributed by atoms with Crippen molar-refractivity contribution in [3.8, 4) is 5.75 Å². The summed E-state index contributed by atoms with van der Waals surface area (Å²) >= 11 is 0. The van der Waals surface area contributed by atoms with Gasteiger partial charge >= 0.3 is 5.97 Å². The zero-order valence-electron chi connectivity index (χ0n) is 15.4. The molecule has 0 aliphatic carbocycles. The molecule has 2 saturated heterocycles. The number of amides is 1. The van der Waals surface area contributed by atoms with Crippen molar-refractivity contribution in [3.05, 3.63) is 29.3 Å². The van der Waals surface area contributed by atoms with Crippen LogP contribution in [0.3, 0.4) is 0 Å². The average Bonchev–Trinajstić information content (AvgIpc) is 3.01. The maximum Gasteiger partial charge on any atom is 0.307 e. The van der Waals surface area contributed by atoms with E-state index >= 15 is 0 Å². The maximum absolute atomic E-state index is 12.9. The zero-order valence-corrected chi connectivity index (χ0v) is 15.4. The van der Waals surface area contributed by atoms with Crippen molar-refractivity contribution >= 4 is 11.9 Å². The Morgan fingerprint density at radius 2 is 1.96 bits per heavy atom. The third-order valence-electron chi connectivity index (χ3n) is 5.99. The van der Waals surface area contributed by atoms with Crippen molar-refractivity contribution in [2.45, 2.75) is 50.2 Å². The second-order valence-electron chi connectivity index (χ2n) is 7.58. The van der Waals surface area contributed by atoms with Crippen LogP contribution in [0.5, 0.6) is 5.75 Å². The molecule has 2 fully saturated rings. The summed E-state index contributed by atoms with van der Waals surface area (Å²) in [7, 11) is 1.69. The van der Waals surface area contributed by atoms with E-state index in [9.17, 15) is 9.59 Å². The minimum atomic E-state index is -1.01. The van der Waals surface area contributed by atoms with Crippen LogP contribution in [0.25, 0.3) is 0 Å². The predicted octanol–water partition coefficient (Wildman–Crippen LogP) is 2.18. The normalized spacial score (nSPS) is 27.2. The number of rotatable bonds is 2. The Balaban J connectivity index is 1.55. The first-order valence-corrected chi connectivity index (χ1v) is 9.29. The summed E-state index contributed by atoms with van der Waals surface area (Å²) in [5.41, 5.74) is 1.00. The van der Waals surface area contributed by atoms with Crippen molar-refractivity contribution < 1.29 is 23.8 Å². The lowest BCUT2D eigenvalue weighted by molar-refractivity contribution is -0.167. The number of hydrogen-bond acceptors (Lipinski definition) is 5. The number of piperidine rings is 1. The summed E-state index contributed by atoms with van der Waals surface area (Å²) in [5, 5.41) is 0. The van der Waals surface area contributed by atoms with Crippen LogP contribution in [0.15, 0.2) is 18.2 Å². The van der Waals surface area contributed by atoms with Crippen LogP contribution in [-0.2, 0) is 31.1 Å². The Labute approximate surface area is 153 Å². The van der Waals surface area contributed by atoms with Gasteiger partial charge in [0, 0.05) is 31.5 Å². The molecule has 6 heteroatoms. The van der Waals surface area contributed by atoms with E-state index in [2.05, 4.69) is 6.07 Å². The molecule has 0 radical (unpaired) electrons. The Bertz CT molecular complexity index is 723. The molecule has 0 bridgehead atoms. The highest BCUT2D eigenvalue weighted by Crippen LogP contribution is 2.46. The number of benzene rings is 1. The van der Waals surface area contributed by atoms with Crippen LogP contribution in [0.2, 0.25) is 0 Å². The van der Waals surface area contributed by atoms with E-state index in [-0.39, 0.29) is 11.9 Å². The highest BCUT2D eigenvalue weighted by molar-refractivity contribution is 5.90. The van der Waals surface area contributed by atoms with Gasteiger partial charge in [-0.3, -0.25) is 9.59 Å². The van der Waals surface area contributed by atoms with Gasteiger partial charge in [-0.2, -0.15) is 0 Å². The lowest BCUT2D eigenvalue weighted by Crippen LogP contribution is -2.53. The monoisotopic (exact) mass is 359 g/mol. The number of ether oxygens (including phenoxy) is 3. The summed E-state index contributed by atoms with van der Waals surface area (Å²) in [5.74, 6) is 0.483. The van der Waals surface area contributed by atoms with Gasteiger partial charge in [-0.15, -0.1) is 0 Å². The molecule has 0 aromatic heterocycles. The number of nitrogens with zero attached hydrogens (tertiary/aromatic N) is 1. The third kappa shape index (κ3) is 2.67. The summed E-state index contributed by atoms with van der Waals surface area (Å²) in [6.07, 6.45) is 3.09. The summed E-state index contributed by atoms with van der Waals surface area (Å²) in [4.78, 5) is 26.2. The molecule has 1 unspecified atom stereocenters. The number of cyclic esters (lactones) is 1. The highest BCUT2D eigenvalue weighted by atomic mass is 16.6. The molecule has 1 spiro atoms. The van der Waals surface area contributed by atoms with E-state index in [1.165, 1.54) is 5.56 Å². The fourth-order valence-electron chi connectivity index (χ4n) is 4.54. The molecule has 1 aromatic carbocycles. The predicted molar refractivity (Wildman–Crippen MR) is 93.9 cm³/mol. The molecule has 26 heavy (non-hydrogen) atoms. The van der Waals surface area contributed by atoms with Crippen LogP contribution in [0.4, 0.5) is 0 Å². The zero-order chi connectivity index (χ0) is 18.4. The molecular formula is C20H25NO5. The Kier molecular flexibility index (Phi) is 4.18. The number of likely N-dealkylation sites (tertiary alicyclic amines) is 1. The van der Waals surface area contributed by atoms with E-state index in [1.54, 1.807) is 14.0 Å². The first-order valence-electron chi connectivity index (χ1n) is 9.29. The van der Waals surface area contributed by atoms with Crippen LogP contribution in [0, 0.1) is 0 Å². The summed E-state index contributed by atoms with van der Waals surface area (Å²) < 4.78 is 17.2. The van der Waals surface area contributed by atoms with Gasteiger partial charge < -0.3 is 19.1 Å². The van der Waals surface area contributed by atoms with Crippen LogP contribution < -0.4 is 4.74 Å². The number of fused-ring (bicyclic) bond motifs is 2. The van der Waals surface area contributed by atoms with Crippen molar-refractivity contribution in [1.29, 1.82) is 0 Å². The molecule has 3 heterocycles. The molecule has 0 N–H and O–H groups in total. The molecule has 3 aliphatic heterocycles. The molecular weight excluding hydrogens is 334 g/mol. The summed E-state index contributed by atoms with van der Waals surface area (Å²) in [6, 6.07) is 6.13. The van der Waals surface area contributed by atoms with Crippen LogP contribution in [-0.4, -0.2) is 49.2 Å². The van der Waals surface area contributed by atoms with Gasteiger partial charge in [-0.25, -0.2) is 0 Å². The smallest absolute Gasteiger partial charge is 0.307 e. The molecule has 1 aromatic rings. The van der Waals surface area contributed by atoms with Gasteiger partial charge in [0.2, 0.25) is 0 Å². The SMILES string of the molecule is COc1cccc2c1C1(CCN(C(=O)C3(C)CCC(=O)O3)CC1)OCC2. The van der Waals surface area contributed by atoms with Gasteiger partial charge in [-0.1, -0.05) is 12.1 Å². The molecule has 1 amide bonds. The highest BCUT2D eigenvalue weighted by Gasteiger charge is 2.49. The number of carbonyl (C=O) groups excluding carboxylic acids is 2. The van der Waals surface area contributed by atoms with E-state index in [0.717, 1.165) is 30.6 Å². The van der Waals surface area contributed by atoms with E-state index < -0.39 is 11.2 Å². The van der Waals surface area contributed by atoms with Crippen molar-refractivity contribution in [3.63, 3.8) is 0 Å². The lowest BCUT2D eigenvalue weighted by atomic mass is 9.78. The number of methoxy groups -OCH3 is 1. The Morgan fingerprint density at radius 1 is 1.19 bits per heavy atom. The molecule has 1 atom stereocenters. The van der Waals surface area contributed by atoms with Crippen LogP contribution in [0.1, 0.15) is 43.7 Å². The molecule has 0 saturated carbocycles. The standard InChI is InChI=1S/C20H25NO5/c1-19(8-6-16(22)26-19)18(23)21-11-9-20(10-12-21)17-14(7-13-25-20)4-3-5-15(17)24-2/h3-5H,6-13H2,1-2H3. The molecule has 6 nitrogen and oxygen atoms in total. The molecule has 4 rings (SSSR count). The third-order valence-corrected chi connectivity index (χ3v) is 5.99.